The largest absolute Gasteiger partial charge is 0.353 e. The number of carbonyl (C=O) groups excluding carboxylic acids is 2. The van der Waals surface area contributed by atoms with Crippen molar-refractivity contribution in [1.29, 1.82) is 0 Å². The number of rotatable bonds is 8. The fraction of sp³-hybridized carbons (Fsp3) is 0.619. The van der Waals surface area contributed by atoms with Crippen molar-refractivity contribution in [2.75, 3.05) is 19.6 Å². The smallest absolute Gasteiger partial charge is 0.237 e. The monoisotopic (exact) mass is 359 g/mol. The van der Waals surface area contributed by atoms with Crippen LogP contribution in [-0.4, -0.2) is 53.3 Å². The van der Waals surface area contributed by atoms with Crippen LogP contribution in [0.25, 0.3) is 0 Å². The van der Waals surface area contributed by atoms with Gasteiger partial charge in [0.25, 0.3) is 0 Å². The number of nitrogens with one attached hydrogen (secondary N) is 1. The van der Waals surface area contributed by atoms with Gasteiger partial charge in [-0.25, -0.2) is 0 Å². The predicted molar refractivity (Wildman–Crippen MR) is 105 cm³/mol. The summed E-state index contributed by atoms with van der Waals surface area (Å²) in [5.41, 5.74) is 2.43. The Hall–Kier alpha value is -1.88. The van der Waals surface area contributed by atoms with Gasteiger partial charge in [-0.05, 0) is 37.8 Å². The Morgan fingerprint density at radius 2 is 1.96 bits per heavy atom. The summed E-state index contributed by atoms with van der Waals surface area (Å²) in [5.74, 6) is 0.0526. The van der Waals surface area contributed by atoms with Crippen LogP contribution in [0, 0.1) is 6.92 Å². The van der Waals surface area contributed by atoms with Crippen LogP contribution in [-0.2, 0) is 16.1 Å². The lowest BCUT2D eigenvalue weighted by molar-refractivity contribution is -0.140. The molecule has 0 aliphatic carbocycles. The lowest BCUT2D eigenvalue weighted by Gasteiger charge is -2.37. The van der Waals surface area contributed by atoms with E-state index < -0.39 is 0 Å². The third-order valence-corrected chi connectivity index (χ3v) is 5.49. The summed E-state index contributed by atoms with van der Waals surface area (Å²) in [5, 5.41) is 2.93. The van der Waals surface area contributed by atoms with Crippen molar-refractivity contribution in [3.63, 3.8) is 0 Å². The van der Waals surface area contributed by atoms with Crippen molar-refractivity contribution in [2.45, 2.75) is 65.6 Å². The molecule has 0 saturated carbocycles. The predicted octanol–water partition coefficient (Wildman–Crippen LogP) is 2.72. The van der Waals surface area contributed by atoms with Gasteiger partial charge in [-0.1, -0.05) is 38.1 Å². The van der Waals surface area contributed by atoms with Crippen molar-refractivity contribution in [1.82, 2.24) is 15.1 Å². The maximum Gasteiger partial charge on any atom is 0.237 e. The summed E-state index contributed by atoms with van der Waals surface area (Å²) in [6, 6.07) is 8.10. The first-order chi connectivity index (χ1) is 12.5. The van der Waals surface area contributed by atoms with E-state index in [1.165, 1.54) is 11.1 Å². The minimum absolute atomic E-state index is 0.0289. The van der Waals surface area contributed by atoms with Crippen molar-refractivity contribution < 1.29 is 9.59 Å². The van der Waals surface area contributed by atoms with Crippen molar-refractivity contribution in [3.8, 4) is 0 Å². The summed E-state index contributed by atoms with van der Waals surface area (Å²) >= 11 is 0. The SMILES string of the molecule is CCC(CC)N(CC)C(=O)C[C@@H]1C(=O)NCCN1Cc1ccccc1C. The average molecular weight is 360 g/mol. The van der Waals surface area contributed by atoms with E-state index in [9.17, 15) is 9.59 Å². The highest BCUT2D eigenvalue weighted by atomic mass is 16.2. The van der Waals surface area contributed by atoms with E-state index in [-0.39, 0.29) is 30.3 Å². The number of amides is 2. The maximum absolute atomic E-state index is 12.9. The summed E-state index contributed by atoms with van der Waals surface area (Å²) in [4.78, 5) is 29.5. The molecule has 1 fully saturated rings. The van der Waals surface area contributed by atoms with Gasteiger partial charge in [0.05, 0.1) is 12.5 Å². The summed E-state index contributed by atoms with van der Waals surface area (Å²) in [7, 11) is 0. The zero-order valence-corrected chi connectivity index (χ0v) is 16.6. The highest BCUT2D eigenvalue weighted by molar-refractivity contribution is 5.89. The molecular weight excluding hydrogens is 326 g/mol. The lowest BCUT2D eigenvalue weighted by atomic mass is 10.0. The quantitative estimate of drug-likeness (QED) is 0.776. The zero-order chi connectivity index (χ0) is 19.1. The molecule has 0 bridgehead atoms. The highest BCUT2D eigenvalue weighted by Gasteiger charge is 2.33. The van der Waals surface area contributed by atoms with Gasteiger partial charge in [0.2, 0.25) is 11.8 Å². The molecule has 1 saturated heterocycles. The Morgan fingerprint density at radius 1 is 1.27 bits per heavy atom. The Bertz CT molecular complexity index is 613. The first-order valence-corrected chi connectivity index (χ1v) is 9.87. The van der Waals surface area contributed by atoms with Crippen LogP contribution in [0.5, 0.6) is 0 Å². The topological polar surface area (TPSA) is 52.7 Å². The van der Waals surface area contributed by atoms with E-state index in [0.29, 0.717) is 19.6 Å². The third-order valence-electron chi connectivity index (χ3n) is 5.49. The van der Waals surface area contributed by atoms with Crippen LogP contribution in [0.3, 0.4) is 0 Å². The summed E-state index contributed by atoms with van der Waals surface area (Å²) in [6.45, 7) is 11.1. The van der Waals surface area contributed by atoms with Gasteiger partial charge in [0.15, 0.2) is 0 Å². The van der Waals surface area contributed by atoms with Gasteiger partial charge >= 0.3 is 0 Å². The second-order valence-corrected chi connectivity index (χ2v) is 7.06. The Balaban J connectivity index is 2.13. The molecule has 0 spiro atoms. The van der Waals surface area contributed by atoms with Crippen LogP contribution in [0.2, 0.25) is 0 Å². The molecule has 1 aliphatic heterocycles. The molecule has 1 aromatic carbocycles. The van der Waals surface area contributed by atoms with E-state index in [4.69, 9.17) is 0 Å². The van der Waals surface area contributed by atoms with Gasteiger partial charge in [-0.3, -0.25) is 14.5 Å². The molecule has 0 radical (unpaired) electrons. The van der Waals surface area contributed by atoms with E-state index in [2.05, 4.69) is 43.1 Å². The molecule has 1 heterocycles. The normalized spacial score (nSPS) is 18.0. The number of benzene rings is 1. The van der Waals surface area contributed by atoms with Crippen LogP contribution in [0.1, 0.15) is 51.2 Å². The summed E-state index contributed by atoms with van der Waals surface area (Å²) in [6.07, 6.45) is 2.14. The number of piperazine rings is 1. The molecule has 0 aromatic heterocycles. The van der Waals surface area contributed by atoms with Crippen LogP contribution < -0.4 is 5.32 Å². The standard InChI is InChI=1S/C21H33N3O2/c1-5-18(6-2)24(7-3)20(25)14-19-21(26)22-12-13-23(19)15-17-11-9-8-10-16(17)4/h8-11,18-19H,5-7,12-15H2,1-4H3,(H,22,26)/t19-/m1/s1. The molecule has 1 atom stereocenters. The van der Waals surface area contributed by atoms with Gasteiger partial charge in [0, 0.05) is 32.2 Å². The molecule has 1 N–H and O–H groups in total. The highest BCUT2D eigenvalue weighted by Crippen LogP contribution is 2.19. The minimum Gasteiger partial charge on any atom is -0.353 e. The molecule has 0 unspecified atom stereocenters. The van der Waals surface area contributed by atoms with Crippen molar-refractivity contribution >= 4 is 11.8 Å². The van der Waals surface area contributed by atoms with Crippen molar-refractivity contribution in [2.24, 2.45) is 0 Å². The Labute approximate surface area is 157 Å². The molecule has 2 amide bonds. The molecule has 1 aromatic rings. The number of nitrogens with zero attached hydrogens (tertiary/aromatic N) is 2. The fourth-order valence-corrected chi connectivity index (χ4v) is 3.83. The maximum atomic E-state index is 12.9. The van der Waals surface area contributed by atoms with Crippen LogP contribution in [0.15, 0.2) is 24.3 Å². The average Bonchev–Trinajstić information content (AvgIpc) is 2.64. The van der Waals surface area contributed by atoms with Crippen molar-refractivity contribution in [3.05, 3.63) is 35.4 Å². The first-order valence-electron chi connectivity index (χ1n) is 9.87. The zero-order valence-electron chi connectivity index (χ0n) is 16.6. The number of carbonyl (C=O) groups is 2. The number of hydrogen-bond donors (Lipinski definition) is 1. The van der Waals surface area contributed by atoms with E-state index in [1.807, 2.05) is 24.0 Å². The Morgan fingerprint density at radius 3 is 2.58 bits per heavy atom. The van der Waals surface area contributed by atoms with Gasteiger partial charge in [-0.2, -0.15) is 0 Å². The van der Waals surface area contributed by atoms with E-state index in [0.717, 1.165) is 19.4 Å². The molecule has 1 aliphatic rings. The van der Waals surface area contributed by atoms with Gasteiger partial charge in [-0.15, -0.1) is 0 Å². The first kappa shape index (κ1) is 20.4. The van der Waals surface area contributed by atoms with E-state index >= 15 is 0 Å². The molecular formula is C21H33N3O2. The van der Waals surface area contributed by atoms with Gasteiger partial charge < -0.3 is 10.2 Å². The Kier molecular flexibility index (Phi) is 7.64. The molecule has 144 valence electrons. The summed E-state index contributed by atoms with van der Waals surface area (Å²) < 4.78 is 0. The molecule has 5 nitrogen and oxygen atoms in total. The fourth-order valence-electron chi connectivity index (χ4n) is 3.83. The molecule has 5 heteroatoms. The molecule has 26 heavy (non-hydrogen) atoms. The second kappa shape index (κ2) is 9.72. The number of hydrogen-bond acceptors (Lipinski definition) is 3. The van der Waals surface area contributed by atoms with Gasteiger partial charge in [0.1, 0.15) is 0 Å². The van der Waals surface area contributed by atoms with E-state index in [1.54, 1.807) is 0 Å². The lowest BCUT2D eigenvalue weighted by Crippen LogP contribution is -2.56. The minimum atomic E-state index is -0.390. The number of aryl methyl sites for hydroxylation is 1. The second-order valence-electron chi connectivity index (χ2n) is 7.06. The van der Waals surface area contributed by atoms with Crippen LogP contribution in [0.4, 0.5) is 0 Å². The molecule has 2 rings (SSSR count). The third kappa shape index (κ3) is 4.85. The van der Waals surface area contributed by atoms with Crippen LogP contribution >= 0.6 is 0 Å².